The van der Waals surface area contributed by atoms with Crippen LogP contribution in [0.3, 0.4) is 0 Å². The van der Waals surface area contributed by atoms with Crippen molar-refractivity contribution in [3.8, 4) is 0 Å². The standard InChI is InChI=1S/C20H39N9O6/c1-11(30)16(27-12(2)31)19(35)26-10-15(32)28-14(6-3-4-8-21)18(34)29-13(17(22)33)7-5-9-25-20(23)24/h11,13-14,16,30H,3-10,21H2,1-2H3,(H2,22,33)(H,26,35)(H,27,31)(H,28,32)(H,29,34)(H4,23,24,25)/t11-,13+,14+,16+/m1/s1. The summed E-state index contributed by atoms with van der Waals surface area (Å²) in [6, 6.07) is -3.28. The summed E-state index contributed by atoms with van der Waals surface area (Å²) in [6.07, 6.45) is 0.696. The maximum atomic E-state index is 12.8. The van der Waals surface area contributed by atoms with Crippen LogP contribution < -0.4 is 44.2 Å². The van der Waals surface area contributed by atoms with E-state index < -0.39 is 60.3 Å². The van der Waals surface area contributed by atoms with E-state index in [1.54, 1.807) is 0 Å². The van der Waals surface area contributed by atoms with Crippen LogP contribution in [0.5, 0.6) is 0 Å². The first-order valence-electron chi connectivity index (χ1n) is 11.3. The number of aliphatic imine (C=N–C) groups is 1. The van der Waals surface area contributed by atoms with Crippen molar-refractivity contribution in [3.05, 3.63) is 0 Å². The SMILES string of the molecule is CC(=O)N[C@H](C(=O)NCC(=O)N[C@@H](CCCCN)C(=O)N[C@@H](CCCN=C(N)N)C(N)=O)[C@@H](C)O. The van der Waals surface area contributed by atoms with Gasteiger partial charge in [-0.1, -0.05) is 0 Å². The summed E-state index contributed by atoms with van der Waals surface area (Å²) in [6.45, 7) is 2.60. The molecule has 0 heterocycles. The van der Waals surface area contributed by atoms with Crippen molar-refractivity contribution < 1.29 is 29.1 Å². The van der Waals surface area contributed by atoms with Crippen molar-refractivity contribution in [3.63, 3.8) is 0 Å². The Balaban J connectivity index is 5.09. The van der Waals surface area contributed by atoms with E-state index in [1.807, 2.05) is 0 Å². The molecule has 0 rings (SSSR count). The molecule has 0 saturated carbocycles. The van der Waals surface area contributed by atoms with Crippen molar-refractivity contribution in [2.45, 2.75) is 70.2 Å². The van der Waals surface area contributed by atoms with Crippen LogP contribution in [0.2, 0.25) is 0 Å². The van der Waals surface area contributed by atoms with Crippen LogP contribution in [0, 0.1) is 0 Å². The number of amides is 5. The van der Waals surface area contributed by atoms with Crippen molar-refractivity contribution in [1.82, 2.24) is 21.3 Å². The quantitative estimate of drug-likeness (QED) is 0.0528. The van der Waals surface area contributed by atoms with E-state index in [0.29, 0.717) is 25.8 Å². The van der Waals surface area contributed by atoms with Crippen LogP contribution in [0.4, 0.5) is 0 Å². The van der Waals surface area contributed by atoms with Gasteiger partial charge in [0.05, 0.1) is 12.6 Å². The normalized spacial score (nSPS) is 13.9. The Morgan fingerprint density at radius 3 is 2.03 bits per heavy atom. The fraction of sp³-hybridized carbons (Fsp3) is 0.700. The van der Waals surface area contributed by atoms with E-state index in [2.05, 4.69) is 26.3 Å². The Bertz CT molecular complexity index is 755. The van der Waals surface area contributed by atoms with Gasteiger partial charge in [0.2, 0.25) is 29.5 Å². The molecule has 0 unspecified atom stereocenters. The number of nitrogens with zero attached hydrogens (tertiary/aromatic N) is 1. The number of unbranched alkanes of at least 4 members (excludes halogenated alkanes) is 1. The van der Waals surface area contributed by atoms with E-state index in [4.69, 9.17) is 22.9 Å². The Morgan fingerprint density at radius 2 is 1.51 bits per heavy atom. The van der Waals surface area contributed by atoms with Gasteiger partial charge >= 0.3 is 0 Å². The molecule has 200 valence electrons. The zero-order chi connectivity index (χ0) is 27.0. The van der Waals surface area contributed by atoms with Crippen molar-refractivity contribution >= 4 is 35.5 Å². The predicted octanol–water partition coefficient (Wildman–Crippen LogP) is -4.37. The molecule has 0 radical (unpaired) electrons. The highest BCUT2D eigenvalue weighted by atomic mass is 16.3. The Hall–Kier alpha value is -3.46. The average molecular weight is 502 g/mol. The van der Waals surface area contributed by atoms with Gasteiger partial charge < -0.3 is 49.3 Å². The molecule has 0 aliphatic heterocycles. The van der Waals surface area contributed by atoms with E-state index in [-0.39, 0.29) is 25.3 Å². The second kappa shape index (κ2) is 17.0. The molecule has 0 aliphatic carbocycles. The highest BCUT2D eigenvalue weighted by molar-refractivity contribution is 5.94. The number of primary amides is 1. The third-order valence-corrected chi connectivity index (χ3v) is 4.75. The van der Waals surface area contributed by atoms with Gasteiger partial charge in [-0.05, 0) is 45.6 Å². The molecule has 0 aromatic heterocycles. The molecule has 15 nitrogen and oxygen atoms in total. The number of carbonyl (C=O) groups excluding carboxylic acids is 5. The number of hydrogen-bond acceptors (Lipinski definition) is 8. The summed E-state index contributed by atoms with van der Waals surface area (Å²) in [7, 11) is 0. The summed E-state index contributed by atoms with van der Waals surface area (Å²) >= 11 is 0. The molecule has 0 aromatic carbocycles. The fourth-order valence-electron chi connectivity index (χ4n) is 2.97. The van der Waals surface area contributed by atoms with Gasteiger partial charge in [-0.15, -0.1) is 0 Å². The average Bonchev–Trinajstić information content (AvgIpc) is 2.76. The number of rotatable bonds is 17. The summed E-state index contributed by atoms with van der Waals surface area (Å²) < 4.78 is 0. The molecule has 13 N–H and O–H groups in total. The Kier molecular flexibility index (Phi) is 15.4. The molecule has 35 heavy (non-hydrogen) atoms. The maximum absolute atomic E-state index is 12.8. The van der Waals surface area contributed by atoms with Crippen LogP contribution in [-0.2, 0) is 24.0 Å². The van der Waals surface area contributed by atoms with Gasteiger partial charge in [0.1, 0.15) is 18.1 Å². The van der Waals surface area contributed by atoms with Crippen LogP contribution in [0.1, 0.15) is 46.0 Å². The van der Waals surface area contributed by atoms with Gasteiger partial charge in [-0.25, -0.2) is 0 Å². The van der Waals surface area contributed by atoms with Gasteiger partial charge in [-0.3, -0.25) is 29.0 Å². The number of guanidine groups is 1. The lowest BCUT2D eigenvalue weighted by atomic mass is 10.1. The minimum absolute atomic E-state index is 0.101. The third-order valence-electron chi connectivity index (χ3n) is 4.75. The minimum Gasteiger partial charge on any atom is -0.391 e. The third kappa shape index (κ3) is 14.4. The number of aliphatic hydroxyl groups is 1. The number of nitrogens with one attached hydrogen (secondary N) is 4. The van der Waals surface area contributed by atoms with Gasteiger partial charge in [0, 0.05) is 13.5 Å². The number of nitrogens with two attached hydrogens (primary N) is 4. The van der Waals surface area contributed by atoms with Crippen molar-refractivity contribution in [1.29, 1.82) is 0 Å². The first-order chi connectivity index (χ1) is 16.4. The molecule has 15 heteroatoms. The molecule has 4 atom stereocenters. The minimum atomic E-state index is -1.25. The number of carbonyl (C=O) groups is 5. The molecule has 0 spiro atoms. The van der Waals surface area contributed by atoms with E-state index >= 15 is 0 Å². The van der Waals surface area contributed by atoms with Crippen molar-refractivity contribution in [2.24, 2.45) is 27.9 Å². The molecule has 0 saturated heterocycles. The monoisotopic (exact) mass is 501 g/mol. The van der Waals surface area contributed by atoms with E-state index in [0.717, 1.165) is 0 Å². The molecule has 0 aromatic rings. The molecular weight excluding hydrogens is 462 g/mol. The molecular formula is C20H39N9O6. The lowest BCUT2D eigenvalue weighted by Gasteiger charge is -2.23. The highest BCUT2D eigenvalue weighted by Gasteiger charge is 2.27. The summed E-state index contributed by atoms with van der Waals surface area (Å²) in [4.78, 5) is 64.2. The summed E-state index contributed by atoms with van der Waals surface area (Å²) in [5.74, 6) is -3.49. The first kappa shape index (κ1) is 31.5. The number of aliphatic hydroxyl groups excluding tert-OH is 1. The van der Waals surface area contributed by atoms with E-state index in [1.165, 1.54) is 13.8 Å². The van der Waals surface area contributed by atoms with E-state index in [9.17, 15) is 29.1 Å². The predicted molar refractivity (Wildman–Crippen MR) is 128 cm³/mol. The van der Waals surface area contributed by atoms with Crippen LogP contribution >= 0.6 is 0 Å². The topological polar surface area (TPSA) is 270 Å². The first-order valence-corrected chi connectivity index (χ1v) is 11.3. The van der Waals surface area contributed by atoms with Gasteiger partial charge in [0.25, 0.3) is 0 Å². The smallest absolute Gasteiger partial charge is 0.245 e. The molecule has 5 amide bonds. The van der Waals surface area contributed by atoms with Gasteiger partial charge in [0.15, 0.2) is 5.96 Å². The lowest BCUT2D eigenvalue weighted by Crippen LogP contribution is -2.56. The van der Waals surface area contributed by atoms with Gasteiger partial charge in [-0.2, -0.15) is 0 Å². The van der Waals surface area contributed by atoms with Crippen molar-refractivity contribution in [2.75, 3.05) is 19.6 Å². The molecule has 0 fully saturated rings. The Labute approximate surface area is 204 Å². The fourth-order valence-corrected chi connectivity index (χ4v) is 2.97. The summed E-state index contributed by atoms with van der Waals surface area (Å²) in [5, 5.41) is 19.3. The van der Waals surface area contributed by atoms with Crippen LogP contribution in [0.25, 0.3) is 0 Å². The second-order valence-electron chi connectivity index (χ2n) is 7.95. The Morgan fingerprint density at radius 1 is 0.886 bits per heavy atom. The van der Waals surface area contributed by atoms with Crippen LogP contribution in [0.15, 0.2) is 4.99 Å². The second-order valence-corrected chi connectivity index (χ2v) is 7.95. The molecule has 0 aliphatic rings. The maximum Gasteiger partial charge on any atom is 0.245 e. The lowest BCUT2D eigenvalue weighted by molar-refractivity contribution is -0.133. The van der Waals surface area contributed by atoms with Crippen LogP contribution in [-0.4, -0.2) is 84.5 Å². The summed E-state index contributed by atoms with van der Waals surface area (Å²) in [5.41, 5.74) is 21.4. The number of hydrogen-bond donors (Lipinski definition) is 9. The highest BCUT2D eigenvalue weighted by Crippen LogP contribution is 2.04. The molecule has 0 bridgehead atoms. The zero-order valence-corrected chi connectivity index (χ0v) is 20.2. The zero-order valence-electron chi connectivity index (χ0n) is 20.2. The largest absolute Gasteiger partial charge is 0.391 e.